The number of hydrogen-bond acceptors (Lipinski definition) is 2. The maximum Gasteiger partial charge on any atom is 0.230 e. The summed E-state index contributed by atoms with van der Waals surface area (Å²) in [5.74, 6) is 0.271. The molecule has 1 N–H and O–H groups in total. The molecule has 1 aromatic rings. The van der Waals surface area contributed by atoms with Crippen molar-refractivity contribution in [2.45, 2.75) is 57.0 Å². The minimum absolute atomic E-state index is 0.0341. The third-order valence-electron chi connectivity index (χ3n) is 5.07. The van der Waals surface area contributed by atoms with Crippen LogP contribution in [0, 0.1) is 0 Å². The molecule has 3 nitrogen and oxygen atoms in total. The number of hydrogen-bond donors (Lipinski definition) is 1. The average Bonchev–Trinajstić information content (AvgIpc) is 3.08. The van der Waals surface area contributed by atoms with Crippen LogP contribution in [0.3, 0.4) is 0 Å². The van der Waals surface area contributed by atoms with Crippen molar-refractivity contribution < 1.29 is 4.79 Å². The maximum atomic E-state index is 13.0. The van der Waals surface area contributed by atoms with Gasteiger partial charge in [-0.15, -0.1) is 0 Å². The van der Waals surface area contributed by atoms with Crippen LogP contribution in [-0.2, 0) is 4.79 Å². The minimum atomic E-state index is -0.0341. The molecule has 2 aliphatic rings. The Morgan fingerprint density at radius 2 is 2.00 bits per heavy atom. The van der Waals surface area contributed by atoms with E-state index in [1.807, 2.05) is 25.1 Å². The van der Waals surface area contributed by atoms with E-state index in [0.717, 1.165) is 31.5 Å². The van der Waals surface area contributed by atoms with Crippen molar-refractivity contribution in [2.75, 3.05) is 13.1 Å². The molecule has 1 amide bonds. The Hall–Kier alpha value is -1.35. The fraction of sp³-hybridized carbons (Fsp3) is 0.611. The Kier molecular flexibility index (Phi) is 4.59. The summed E-state index contributed by atoms with van der Waals surface area (Å²) in [4.78, 5) is 15.1. The highest BCUT2D eigenvalue weighted by Gasteiger charge is 2.35. The van der Waals surface area contributed by atoms with Crippen LogP contribution in [0.1, 0.15) is 50.5 Å². The first-order chi connectivity index (χ1) is 10.3. The summed E-state index contributed by atoms with van der Waals surface area (Å²) in [6, 6.07) is 11.1. The van der Waals surface area contributed by atoms with Crippen LogP contribution < -0.4 is 5.32 Å². The number of carbonyl (C=O) groups excluding carboxylic acids is 1. The molecule has 21 heavy (non-hydrogen) atoms. The molecule has 0 saturated carbocycles. The predicted molar refractivity (Wildman–Crippen MR) is 85.2 cm³/mol. The lowest BCUT2D eigenvalue weighted by Crippen LogP contribution is -2.53. The van der Waals surface area contributed by atoms with Gasteiger partial charge in [-0.05, 0) is 51.1 Å². The summed E-state index contributed by atoms with van der Waals surface area (Å²) in [6.45, 7) is 4.09. The van der Waals surface area contributed by atoms with Crippen LogP contribution in [0.5, 0.6) is 0 Å². The number of likely N-dealkylation sites (tertiary alicyclic amines) is 1. The van der Waals surface area contributed by atoms with Crippen molar-refractivity contribution in [3.63, 3.8) is 0 Å². The van der Waals surface area contributed by atoms with Crippen LogP contribution in [0.15, 0.2) is 30.3 Å². The van der Waals surface area contributed by atoms with E-state index in [-0.39, 0.29) is 5.92 Å². The second kappa shape index (κ2) is 6.61. The van der Waals surface area contributed by atoms with Crippen LogP contribution in [-0.4, -0.2) is 36.0 Å². The van der Waals surface area contributed by atoms with Gasteiger partial charge in [-0.3, -0.25) is 4.79 Å². The van der Waals surface area contributed by atoms with Gasteiger partial charge in [0.05, 0.1) is 5.92 Å². The first-order valence-electron chi connectivity index (χ1n) is 8.36. The molecule has 0 bridgehead atoms. The van der Waals surface area contributed by atoms with Gasteiger partial charge in [0.25, 0.3) is 0 Å². The number of benzene rings is 1. The number of carbonyl (C=O) groups is 1. The van der Waals surface area contributed by atoms with Crippen molar-refractivity contribution in [1.82, 2.24) is 10.2 Å². The van der Waals surface area contributed by atoms with Gasteiger partial charge in [-0.25, -0.2) is 0 Å². The van der Waals surface area contributed by atoms with Crippen molar-refractivity contribution in [2.24, 2.45) is 0 Å². The Balaban J connectivity index is 1.74. The molecule has 0 radical (unpaired) electrons. The third-order valence-corrected chi connectivity index (χ3v) is 5.07. The standard InChI is InChI=1S/C18H26N2O/c1-14(15-8-3-2-4-9-15)18(21)20-13-6-5-11-17(20)16-10-7-12-19-16/h2-4,8-9,14,16-17,19H,5-7,10-13H2,1H3. The molecule has 2 heterocycles. The second-order valence-corrected chi connectivity index (χ2v) is 6.43. The largest absolute Gasteiger partial charge is 0.338 e. The van der Waals surface area contributed by atoms with Gasteiger partial charge < -0.3 is 10.2 Å². The highest BCUT2D eigenvalue weighted by molar-refractivity contribution is 5.83. The third kappa shape index (κ3) is 3.13. The van der Waals surface area contributed by atoms with E-state index in [0.29, 0.717) is 18.0 Å². The molecule has 3 atom stereocenters. The number of piperidine rings is 1. The Bertz CT molecular complexity index is 467. The molecule has 3 heteroatoms. The van der Waals surface area contributed by atoms with E-state index in [9.17, 15) is 4.79 Å². The molecule has 1 aromatic carbocycles. The molecular formula is C18H26N2O. The zero-order valence-corrected chi connectivity index (χ0v) is 12.9. The van der Waals surface area contributed by atoms with Crippen LogP contribution in [0.4, 0.5) is 0 Å². The van der Waals surface area contributed by atoms with Gasteiger partial charge in [-0.1, -0.05) is 30.3 Å². The predicted octanol–water partition coefficient (Wildman–Crippen LogP) is 2.92. The fourth-order valence-corrected chi connectivity index (χ4v) is 3.82. The van der Waals surface area contributed by atoms with Crippen LogP contribution in [0.2, 0.25) is 0 Å². The molecule has 2 aliphatic heterocycles. The van der Waals surface area contributed by atoms with E-state index >= 15 is 0 Å². The van der Waals surface area contributed by atoms with E-state index in [1.165, 1.54) is 19.3 Å². The zero-order valence-electron chi connectivity index (χ0n) is 12.9. The summed E-state index contributed by atoms with van der Waals surface area (Å²) in [7, 11) is 0. The van der Waals surface area contributed by atoms with E-state index < -0.39 is 0 Å². The monoisotopic (exact) mass is 286 g/mol. The van der Waals surface area contributed by atoms with Crippen molar-refractivity contribution in [3.8, 4) is 0 Å². The van der Waals surface area contributed by atoms with Gasteiger partial charge in [0.1, 0.15) is 0 Å². The zero-order chi connectivity index (χ0) is 14.7. The molecule has 2 saturated heterocycles. The van der Waals surface area contributed by atoms with Gasteiger partial charge in [-0.2, -0.15) is 0 Å². The smallest absolute Gasteiger partial charge is 0.230 e. The van der Waals surface area contributed by atoms with Gasteiger partial charge >= 0.3 is 0 Å². The lowest BCUT2D eigenvalue weighted by Gasteiger charge is -2.40. The quantitative estimate of drug-likeness (QED) is 0.926. The van der Waals surface area contributed by atoms with E-state index in [4.69, 9.17) is 0 Å². The van der Waals surface area contributed by atoms with Crippen LogP contribution in [0.25, 0.3) is 0 Å². The minimum Gasteiger partial charge on any atom is -0.338 e. The van der Waals surface area contributed by atoms with Crippen molar-refractivity contribution in [1.29, 1.82) is 0 Å². The molecule has 2 fully saturated rings. The second-order valence-electron chi connectivity index (χ2n) is 6.43. The Morgan fingerprint density at radius 3 is 2.71 bits per heavy atom. The number of amides is 1. The highest BCUT2D eigenvalue weighted by Crippen LogP contribution is 2.28. The number of nitrogens with one attached hydrogen (secondary N) is 1. The van der Waals surface area contributed by atoms with E-state index in [1.54, 1.807) is 0 Å². The van der Waals surface area contributed by atoms with Crippen molar-refractivity contribution >= 4 is 5.91 Å². The normalized spacial score (nSPS) is 27.6. The summed E-state index contributed by atoms with van der Waals surface area (Å²) in [5, 5.41) is 3.60. The number of rotatable bonds is 3. The average molecular weight is 286 g/mol. The number of nitrogens with zero attached hydrogens (tertiary/aromatic N) is 1. The summed E-state index contributed by atoms with van der Waals surface area (Å²) in [5.41, 5.74) is 1.13. The van der Waals surface area contributed by atoms with Gasteiger partial charge in [0, 0.05) is 18.6 Å². The first kappa shape index (κ1) is 14.6. The highest BCUT2D eigenvalue weighted by atomic mass is 16.2. The Labute approximate surface area is 127 Å². The molecule has 0 spiro atoms. The fourth-order valence-electron chi connectivity index (χ4n) is 3.82. The summed E-state index contributed by atoms with van der Waals surface area (Å²) in [6.07, 6.45) is 6.03. The SMILES string of the molecule is CC(C(=O)N1CCCCC1C1CCCN1)c1ccccc1. The first-order valence-corrected chi connectivity index (χ1v) is 8.36. The van der Waals surface area contributed by atoms with E-state index in [2.05, 4.69) is 22.3 Å². The van der Waals surface area contributed by atoms with Crippen molar-refractivity contribution in [3.05, 3.63) is 35.9 Å². The topological polar surface area (TPSA) is 32.3 Å². The Morgan fingerprint density at radius 1 is 1.19 bits per heavy atom. The molecule has 3 unspecified atom stereocenters. The summed E-state index contributed by atoms with van der Waals surface area (Å²) >= 11 is 0. The molecule has 0 aliphatic carbocycles. The van der Waals surface area contributed by atoms with Gasteiger partial charge in [0.15, 0.2) is 0 Å². The lowest BCUT2D eigenvalue weighted by atomic mass is 9.91. The molecular weight excluding hydrogens is 260 g/mol. The molecule has 3 rings (SSSR count). The molecule has 114 valence electrons. The summed E-state index contributed by atoms with van der Waals surface area (Å²) < 4.78 is 0. The lowest BCUT2D eigenvalue weighted by molar-refractivity contribution is -0.136. The van der Waals surface area contributed by atoms with Crippen LogP contribution >= 0.6 is 0 Å². The maximum absolute atomic E-state index is 13.0. The molecule has 0 aromatic heterocycles. The van der Waals surface area contributed by atoms with Gasteiger partial charge in [0.2, 0.25) is 5.91 Å².